The van der Waals surface area contributed by atoms with Crippen LogP contribution in [0.4, 0.5) is 0 Å². The van der Waals surface area contributed by atoms with E-state index in [9.17, 15) is 0 Å². The largest absolute Gasteiger partial charge is 0.397 e. The molecule has 2 aromatic heterocycles. The normalized spacial score (nSPS) is 13.3. The molecule has 9 nitrogen and oxygen atoms in total. The lowest BCUT2D eigenvalue weighted by Crippen LogP contribution is -2.45. The molecular weight excluding hydrogens is 797 g/mol. The maximum atomic E-state index is 6.87. The lowest BCUT2D eigenvalue weighted by molar-refractivity contribution is 0.00531. The fourth-order valence-corrected chi connectivity index (χ4v) is 11.1. The molecule has 0 bridgehead atoms. The van der Waals surface area contributed by atoms with Crippen LogP contribution in [0.5, 0.6) is 0 Å². The fourth-order valence-electron chi connectivity index (χ4n) is 6.78. The van der Waals surface area contributed by atoms with Crippen molar-refractivity contribution in [1.29, 1.82) is 0 Å². The van der Waals surface area contributed by atoms with Gasteiger partial charge in [-0.25, -0.2) is 0 Å². The number of ether oxygens (including phenoxy) is 3. The topological polar surface area (TPSA) is 98.2 Å². The van der Waals surface area contributed by atoms with E-state index in [1.165, 1.54) is 31.9 Å². The number of rotatable bonds is 22. The first-order chi connectivity index (χ1) is 29.4. The van der Waals surface area contributed by atoms with Gasteiger partial charge < -0.3 is 32.1 Å². The molecule has 4 aromatic carbocycles. The molecule has 0 aliphatic carbocycles. The number of hydrogen-bond acceptors (Lipinski definition) is 9. The predicted molar refractivity (Wildman–Crippen MR) is 245 cm³/mol. The second kappa shape index (κ2) is 22.1. The molecule has 0 aliphatic heterocycles. The Kier molecular flexibility index (Phi) is 16.6. The van der Waals surface area contributed by atoms with E-state index in [1.807, 2.05) is 24.3 Å². The maximum Gasteiger partial charge on any atom is 0.283 e. The Morgan fingerprint density at radius 2 is 0.820 bits per heavy atom. The minimum absolute atomic E-state index is 0.0838. The summed E-state index contributed by atoms with van der Waals surface area (Å²) in [5.74, 6) is 1.41. The van der Waals surface area contributed by atoms with Crippen molar-refractivity contribution in [2.45, 2.75) is 104 Å². The Hall–Kier alpha value is -4.47. The second-order valence-electron chi connectivity index (χ2n) is 17.2. The minimum Gasteiger partial charge on any atom is -0.397 e. The molecule has 0 spiro atoms. The van der Waals surface area contributed by atoms with Gasteiger partial charge >= 0.3 is 0 Å². The van der Waals surface area contributed by atoms with Crippen molar-refractivity contribution < 1.29 is 32.1 Å². The van der Waals surface area contributed by atoms with Gasteiger partial charge in [-0.05, 0) is 55.5 Å². The SMILES string of the molecule is CCC(O[Si](c1ccccc1)c1ccc(C(C)(C)C)cc1)c1cc(COCCOCCOCc2cc(C(CC)O[Si](c3ccccc3)c3ccc(C(C)(C)C)cc3)on2)no1. The molecule has 0 saturated carbocycles. The number of nitrogens with zero attached hydrogens (tertiary/aromatic N) is 2. The molecule has 2 atom stereocenters. The van der Waals surface area contributed by atoms with E-state index in [4.69, 9.17) is 32.1 Å². The summed E-state index contributed by atoms with van der Waals surface area (Å²) in [4.78, 5) is 0. The van der Waals surface area contributed by atoms with E-state index in [0.717, 1.165) is 24.2 Å². The lowest BCUT2D eigenvalue weighted by Gasteiger charge is -2.23. The quantitative estimate of drug-likeness (QED) is 0.0492. The average molecular weight is 859 g/mol. The standard InChI is InChI=1S/C50H62N2O7Si2/c1-9-45(58-60(41-17-13-11-14-18-41)43-25-21-37(22-26-43)49(3,4)5)47-33-39(51-56-47)35-54-31-29-53-30-32-55-36-40-34-48(57-52-40)46(10-2)59-61(42-19-15-12-16-20-42)44-27-23-38(24-28-44)50(6,7)8/h11-28,33-34,45-46H,9-10,29-32,35-36H2,1-8H3. The lowest BCUT2D eigenvalue weighted by atomic mass is 9.87. The predicted octanol–water partition coefficient (Wildman–Crippen LogP) is 8.55. The highest BCUT2D eigenvalue weighted by Gasteiger charge is 2.29. The summed E-state index contributed by atoms with van der Waals surface area (Å²) in [6.07, 6.45) is 1.03. The van der Waals surface area contributed by atoms with Crippen molar-refractivity contribution in [1.82, 2.24) is 10.3 Å². The molecule has 11 heteroatoms. The first-order valence-electron chi connectivity index (χ1n) is 21.5. The van der Waals surface area contributed by atoms with Crippen LogP contribution in [0.1, 0.15) is 114 Å². The van der Waals surface area contributed by atoms with E-state index < -0.39 is 18.1 Å². The van der Waals surface area contributed by atoms with Gasteiger partial charge in [-0.3, -0.25) is 0 Å². The van der Waals surface area contributed by atoms with Crippen LogP contribution in [-0.2, 0) is 47.1 Å². The monoisotopic (exact) mass is 858 g/mol. The number of aromatic nitrogens is 2. The first-order valence-corrected chi connectivity index (χ1v) is 24.3. The Morgan fingerprint density at radius 3 is 1.16 bits per heavy atom. The van der Waals surface area contributed by atoms with Gasteiger partial charge in [0.25, 0.3) is 18.1 Å². The maximum absolute atomic E-state index is 6.87. The van der Waals surface area contributed by atoms with Gasteiger partial charge in [0.2, 0.25) is 0 Å². The highest BCUT2D eigenvalue weighted by atomic mass is 28.3. The van der Waals surface area contributed by atoms with Crippen LogP contribution in [0.25, 0.3) is 0 Å². The molecule has 0 amide bonds. The molecular formula is C50H62N2O7Si2. The van der Waals surface area contributed by atoms with Crippen LogP contribution < -0.4 is 20.7 Å². The molecule has 61 heavy (non-hydrogen) atoms. The molecule has 0 N–H and O–H groups in total. The Balaban J connectivity index is 0.918. The molecule has 6 aromatic rings. The molecule has 2 unspecified atom stereocenters. The summed E-state index contributed by atoms with van der Waals surface area (Å²) in [6.45, 7) is 19.9. The Bertz CT molecular complexity index is 2010. The van der Waals surface area contributed by atoms with Crippen LogP contribution in [0.2, 0.25) is 0 Å². The van der Waals surface area contributed by atoms with Gasteiger partial charge in [-0.15, -0.1) is 0 Å². The molecule has 6 rings (SSSR count). The summed E-state index contributed by atoms with van der Waals surface area (Å²) in [5, 5.41) is 13.3. The van der Waals surface area contributed by atoms with Gasteiger partial charge in [0.1, 0.15) is 23.6 Å². The highest BCUT2D eigenvalue weighted by molar-refractivity contribution is 6.80. The van der Waals surface area contributed by atoms with E-state index >= 15 is 0 Å². The third-order valence-corrected chi connectivity index (χ3v) is 14.9. The smallest absolute Gasteiger partial charge is 0.283 e. The van der Waals surface area contributed by atoms with E-state index in [2.05, 4.69) is 163 Å². The van der Waals surface area contributed by atoms with Gasteiger partial charge in [-0.1, -0.05) is 175 Å². The molecule has 2 radical (unpaired) electrons. The zero-order chi connectivity index (χ0) is 43.2. The summed E-state index contributed by atoms with van der Waals surface area (Å²) in [7, 11) is -3.09. The average Bonchev–Trinajstić information content (AvgIpc) is 3.94. The molecule has 0 aliphatic rings. The van der Waals surface area contributed by atoms with Crippen LogP contribution in [0.15, 0.2) is 130 Å². The molecule has 322 valence electrons. The van der Waals surface area contributed by atoms with Crippen molar-refractivity contribution in [3.63, 3.8) is 0 Å². The van der Waals surface area contributed by atoms with Crippen molar-refractivity contribution >= 4 is 38.8 Å². The minimum atomic E-state index is -1.55. The van der Waals surface area contributed by atoms with E-state index in [0.29, 0.717) is 51.2 Å². The Morgan fingerprint density at radius 1 is 0.475 bits per heavy atom. The van der Waals surface area contributed by atoms with Crippen molar-refractivity contribution in [3.05, 3.63) is 155 Å². The first kappa shape index (κ1) is 46.0. The van der Waals surface area contributed by atoms with E-state index in [-0.39, 0.29) is 23.0 Å². The van der Waals surface area contributed by atoms with Crippen LogP contribution in [0.3, 0.4) is 0 Å². The number of benzene rings is 4. The van der Waals surface area contributed by atoms with Gasteiger partial charge in [0.05, 0.1) is 39.6 Å². The van der Waals surface area contributed by atoms with Crippen molar-refractivity contribution in [2.24, 2.45) is 0 Å². The van der Waals surface area contributed by atoms with Crippen LogP contribution >= 0.6 is 0 Å². The van der Waals surface area contributed by atoms with Gasteiger partial charge in [0.15, 0.2) is 11.5 Å². The third kappa shape index (κ3) is 13.3. The summed E-state index contributed by atoms with van der Waals surface area (Å²) in [6, 6.07) is 42.5. The van der Waals surface area contributed by atoms with Crippen LogP contribution in [-0.4, -0.2) is 54.8 Å². The van der Waals surface area contributed by atoms with Gasteiger partial charge in [0, 0.05) is 12.1 Å². The van der Waals surface area contributed by atoms with Crippen LogP contribution in [0, 0.1) is 0 Å². The summed E-state index contributed by atoms with van der Waals surface area (Å²) >= 11 is 0. The summed E-state index contributed by atoms with van der Waals surface area (Å²) < 4.78 is 42.8. The van der Waals surface area contributed by atoms with Gasteiger partial charge in [-0.2, -0.15) is 0 Å². The highest BCUT2D eigenvalue weighted by Crippen LogP contribution is 2.26. The molecule has 0 fully saturated rings. The number of hydrogen-bond donors (Lipinski definition) is 0. The van der Waals surface area contributed by atoms with E-state index in [1.54, 1.807) is 0 Å². The second-order valence-corrected chi connectivity index (χ2v) is 21.3. The third-order valence-electron chi connectivity index (χ3n) is 10.4. The zero-order valence-corrected chi connectivity index (χ0v) is 39.1. The Labute approximate surface area is 366 Å². The molecule has 0 saturated heterocycles. The summed E-state index contributed by atoms with van der Waals surface area (Å²) in [5.41, 5.74) is 4.21. The molecule has 2 heterocycles. The fraction of sp³-hybridized carbons (Fsp3) is 0.400. The zero-order valence-electron chi connectivity index (χ0n) is 37.1. The van der Waals surface area contributed by atoms with Crippen molar-refractivity contribution in [3.8, 4) is 0 Å². The van der Waals surface area contributed by atoms with Crippen molar-refractivity contribution in [2.75, 3.05) is 26.4 Å².